The van der Waals surface area contributed by atoms with E-state index in [9.17, 15) is 9.59 Å². The van der Waals surface area contributed by atoms with Gasteiger partial charge in [0.15, 0.2) is 0 Å². The van der Waals surface area contributed by atoms with Crippen molar-refractivity contribution in [2.45, 2.75) is 45.7 Å². The van der Waals surface area contributed by atoms with Gasteiger partial charge in [-0.25, -0.2) is 0 Å². The molecule has 1 atom stereocenters. The summed E-state index contributed by atoms with van der Waals surface area (Å²) in [5.74, 6) is 0.515. The third kappa shape index (κ3) is 7.09. The number of amides is 2. The topological polar surface area (TPSA) is 58.6 Å². The van der Waals surface area contributed by atoms with E-state index in [2.05, 4.69) is 5.32 Å². The molecule has 0 bridgehead atoms. The summed E-state index contributed by atoms with van der Waals surface area (Å²) in [6.45, 7) is 4.76. The predicted molar refractivity (Wildman–Crippen MR) is 116 cm³/mol. The molecule has 0 heterocycles. The van der Waals surface area contributed by atoms with E-state index >= 15 is 0 Å². The Balaban J connectivity index is 1.99. The molecule has 0 aliphatic rings. The third-order valence-electron chi connectivity index (χ3n) is 4.72. The predicted octanol–water partition coefficient (Wildman–Crippen LogP) is 4.36. The van der Waals surface area contributed by atoms with Crippen LogP contribution in [0, 0.1) is 6.92 Å². The van der Waals surface area contributed by atoms with Crippen LogP contribution in [0.5, 0.6) is 5.75 Å². The lowest BCUT2D eigenvalue weighted by molar-refractivity contribution is -0.141. The highest BCUT2D eigenvalue weighted by Crippen LogP contribution is 2.17. The van der Waals surface area contributed by atoms with Crippen molar-refractivity contribution in [2.75, 3.05) is 13.7 Å². The highest BCUT2D eigenvalue weighted by Gasteiger charge is 2.27. The summed E-state index contributed by atoms with van der Waals surface area (Å²) in [5, 5.41) is 3.32. The first kappa shape index (κ1) is 22.8. The van der Waals surface area contributed by atoms with E-state index in [1.807, 2.05) is 38.1 Å². The van der Waals surface area contributed by atoms with E-state index in [4.69, 9.17) is 16.3 Å². The minimum Gasteiger partial charge on any atom is -0.494 e. The van der Waals surface area contributed by atoms with Crippen molar-refractivity contribution in [3.8, 4) is 5.75 Å². The number of aryl methyl sites for hydroxylation is 1. The first-order chi connectivity index (χ1) is 13.9. The normalized spacial score (nSPS) is 11.6. The van der Waals surface area contributed by atoms with Gasteiger partial charge in [0.1, 0.15) is 11.8 Å². The molecule has 156 valence electrons. The maximum Gasteiger partial charge on any atom is 0.242 e. The monoisotopic (exact) mass is 416 g/mol. The molecule has 2 aromatic carbocycles. The molecule has 2 aromatic rings. The van der Waals surface area contributed by atoms with Crippen molar-refractivity contribution >= 4 is 23.4 Å². The van der Waals surface area contributed by atoms with Crippen LogP contribution in [0.4, 0.5) is 0 Å². The quantitative estimate of drug-likeness (QED) is 0.585. The van der Waals surface area contributed by atoms with Crippen molar-refractivity contribution in [3.05, 3.63) is 64.7 Å². The summed E-state index contributed by atoms with van der Waals surface area (Å²) in [6, 6.07) is 14.6. The van der Waals surface area contributed by atoms with E-state index in [0.717, 1.165) is 16.9 Å². The van der Waals surface area contributed by atoms with Crippen LogP contribution < -0.4 is 10.1 Å². The van der Waals surface area contributed by atoms with Crippen LogP contribution in [0.2, 0.25) is 5.02 Å². The van der Waals surface area contributed by atoms with Gasteiger partial charge < -0.3 is 15.0 Å². The zero-order valence-corrected chi connectivity index (χ0v) is 18.0. The summed E-state index contributed by atoms with van der Waals surface area (Å²) in [4.78, 5) is 27.0. The minimum absolute atomic E-state index is 0.0549. The van der Waals surface area contributed by atoms with Gasteiger partial charge >= 0.3 is 0 Å². The van der Waals surface area contributed by atoms with Gasteiger partial charge in [-0.05, 0) is 49.6 Å². The summed E-state index contributed by atoms with van der Waals surface area (Å²) < 4.78 is 5.67. The molecule has 1 N–H and O–H groups in total. The molecular weight excluding hydrogens is 388 g/mol. The number of nitrogens with zero attached hydrogens (tertiary/aromatic N) is 1. The maximum absolute atomic E-state index is 13.0. The molecular formula is C23H29ClN2O3. The van der Waals surface area contributed by atoms with Crippen LogP contribution in [0.3, 0.4) is 0 Å². The van der Waals surface area contributed by atoms with Gasteiger partial charge in [0.25, 0.3) is 0 Å². The van der Waals surface area contributed by atoms with E-state index in [-0.39, 0.29) is 11.8 Å². The van der Waals surface area contributed by atoms with Crippen molar-refractivity contribution in [1.82, 2.24) is 10.2 Å². The number of rotatable bonds is 10. The number of benzene rings is 2. The van der Waals surface area contributed by atoms with Crippen molar-refractivity contribution < 1.29 is 14.3 Å². The second-order valence-corrected chi connectivity index (χ2v) is 7.39. The average molecular weight is 417 g/mol. The Hall–Kier alpha value is -2.53. The Bertz CT molecular complexity index is 791. The van der Waals surface area contributed by atoms with Gasteiger partial charge in [0.05, 0.1) is 6.61 Å². The maximum atomic E-state index is 13.0. The fourth-order valence-corrected chi connectivity index (χ4v) is 3.19. The molecule has 0 saturated heterocycles. The number of likely N-dealkylation sites (N-methyl/N-ethyl adjacent to an activating group) is 1. The number of halogens is 1. The highest BCUT2D eigenvalue weighted by atomic mass is 35.5. The van der Waals surface area contributed by atoms with Crippen LogP contribution in [0.15, 0.2) is 48.5 Å². The summed E-state index contributed by atoms with van der Waals surface area (Å²) in [7, 11) is 1.60. The van der Waals surface area contributed by atoms with Crippen molar-refractivity contribution in [3.63, 3.8) is 0 Å². The standard InChI is InChI=1S/C23H29ClN2O3/c1-4-21(23(28)25-3)26(16-18-9-7-17(2)8-10-18)22(27)6-5-15-29-20-13-11-19(24)12-14-20/h7-14,21H,4-6,15-16H2,1-3H3,(H,25,28)/t21-/m0/s1. The molecule has 0 spiro atoms. The van der Waals surface area contributed by atoms with Crippen LogP contribution in [-0.2, 0) is 16.1 Å². The lowest BCUT2D eigenvalue weighted by Crippen LogP contribution is -2.48. The summed E-state index contributed by atoms with van der Waals surface area (Å²) >= 11 is 5.87. The Kier molecular flexibility index (Phi) is 9.00. The molecule has 0 saturated carbocycles. The molecule has 0 radical (unpaired) electrons. The highest BCUT2D eigenvalue weighted by molar-refractivity contribution is 6.30. The van der Waals surface area contributed by atoms with Gasteiger partial charge in [-0.2, -0.15) is 0 Å². The van der Waals surface area contributed by atoms with E-state index in [1.165, 1.54) is 0 Å². The Morgan fingerprint density at radius 3 is 2.34 bits per heavy atom. The second-order valence-electron chi connectivity index (χ2n) is 6.95. The van der Waals surface area contributed by atoms with Crippen LogP contribution in [0.1, 0.15) is 37.3 Å². The average Bonchev–Trinajstić information content (AvgIpc) is 2.73. The van der Waals surface area contributed by atoms with Gasteiger partial charge in [0, 0.05) is 25.0 Å². The smallest absolute Gasteiger partial charge is 0.242 e. The van der Waals surface area contributed by atoms with E-state index in [0.29, 0.717) is 37.4 Å². The van der Waals surface area contributed by atoms with Gasteiger partial charge in [-0.1, -0.05) is 48.4 Å². The second kappa shape index (κ2) is 11.5. The SMILES string of the molecule is CC[C@@H](C(=O)NC)N(Cc1ccc(C)cc1)C(=O)CCCOc1ccc(Cl)cc1. The van der Waals surface area contributed by atoms with Gasteiger partial charge in [0.2, 0.25) is 11.8 Å². The molecule has 0 fully saturated rings. The molecule has 5 nitrogen and oxygen atoms in total. The van der Waals surface area contributed by atoms with Crippen LogP contribution in [-0.4, -0.2) is 36.4 Å². The Morgan fingerprint density at radius 1 is 1.10 bits per heavy atom. The third-order valence-corrected chi connectivity index (χ3v) is 4.98. The minimum atomic E-state index is -0.494. The fourth-order valence-electron chi connectivity index (χ4n) is 3.06. The van der Waals surface area contributed by atoms with Crippen LogP contribution in [0.25, 0.3) is 0 Å². The van der Waals surface area contributed by atoms with Gasteiger partial charge in [-0.15, -0.1) is 0 Å². The molecule has 29 heavy (non-hydrogen) atoms. The molecule has 2 rings (SSSR count). The zero-order chi connectivity index (χ0) is 21.2. The van der Waals surface area contributed by atoms with Crippen LogP contribution >= 0.6 is 11.6 Å². The van der Waals surface area contributed by atoms with Crippen molar-refractivity contribution in [1.29, 1.82) is 0 Å². The van der Waals surface area contributed by atoms with Gasteiger partial charge in [-0.3, -0.25) is 9.59 Å². The molecule has 0 aliphatic heterocycles. The number of ether oxygens (including phenoxy) is 1. The lowest BCUT2D eigenvalue weighted by atomic mass is 10.1. The molecule has 2 amide bonds. The molecule has 6 heteroatoms. The molecule has 0 aliphatic carbocycles. The van der Waals surface area contributed by atoms with E-state index < -0.39 is 6.04 Å². The summed E-state index contributed by atoms with van der Waals surface area (Å²) in [6.07, 6.45) is 1.43. The number of hydrogen-bond acceptors (Lipinski definition) is 3. The van der Waals surface area contributed by atoms with Crippen molar-refractivity contribution in [2.24, 2.45) is 0 Å². The molecule has 0 unspecified atom stereocenters. The first-order valence-electron chi connectivity index (χ1n) is 9.89. The first-order valence-corrected chi connectivity index (χ1v) is 10.3. The Morgan fingerprint density at radius 2 is 1.76 bits per heavy atom. The number of carbonyl (C=O) groups excluding carboxylic acids is 2. The summed E-state index contributed by atoms with van der Waals surface area (Å²) in [5.41, 5.74) is 2.16. The number of carbonyl (C=O) groups is 2. The molecule has 0 aromatic heterocycles. The van der Waals surface area contributed by atoms with E-state index in [1.54, 1.807) is 36.2 Å². The number of nitrogens with one attached hydrogen (secondary N) is 1. The fraction of sp³-hybridized carbons (Fsp3) is 0.391. The lowest BCUT2D eigenvalue weighted by Gasteiger charge is -2.30. The zero-order valence-electron chi connectivity index (χ0n) is 17.3. The number of hydrogen-bond donors (Lipinski definition) is 1. The largest absolute Gasteiger partial charge is 0.494 e. The Labute approximate surface area is 178 Å².